The number of anilines is 1. The van der Waals surface area contributed by atoms with Crippen LogP contribution in [0, 0.1) is 10.1 Å². The fraction of sp³-hybridized carbons (Fsp3) is 0. The molecular weight excluding hydrogens is 394 g/mol. The van der Waals surface area contributed by atoms with Gasteiger partial charge in [-0.3, -0.25) is 14.8 Å². The van der Waals surface area contributed by atoms with Crippen molar-refractivity contribution >= 4 is 59.7 Å². The molecule has 0 saturated heterocycles. The minimum atomic E-state index is -3.95. The standard InChI is InChI=1S/C9H5BrClN3O4S2/c10-8-4-12-9(19-8)13-20(17,18)7-2-1-5(14(15)16)3-6(7)11/h1-4H,(H,12,13). The number of nitro groups is 1. The molecule has 1 N–H and O–H groups in total. The van der Waals surface area contributed by atoms with E-state index in [1.54, 1.807) is 0 Å². The number of thiazole rings is 1. The Hall–Kier alpha value is -1.23. The Balaban J connectivity index is 2.37. The maximum absolute atomic E-state index is 12.1. The Labute approximate surface area is 130 Å². The summed E-state index contributed by atoms with van der Waals surface area (Å²) in [6, 6.07) is 3.12. The first-order valence-electron chi connectivity index (χ1n) is 4.88. The number of nitro benzene ring substituents is 1. The Morgan fingerprint density at radius 1 is 1.45 bits per heavy atom. The van der Waals surface area contributed by atoms with E-state index in [0.717, 1.165) is 29.5 Å². The van der Waals surface area contributed by atoms with Crippen LogP contribution >= 0.6 is 38.9 Å². The van der Waals surface area contributed by atoms with Crippen molar-refractivity contribution in [2.45, 2.75) is 4.90 Å². The van der Waals surface area contributed by atoms with Crippen LogP contribution in [0.1, 0.15) is 0 Å². The molecule has 20 heavy (non-hydrogen) atoms. The highest BCUT2D eigenvalue weighted by Crippen LogP contribution is 2.29. The van der Waals surface area contributed by atoms with Gasteiger partial charge in [-0.05, 0) is 22.0 Å². The third kappa shape index (κ3) is 3.26. The van der Waals surface area contributed by atoms with Gasteiger partial charge in [0.2, 0.25) is 0 Å². The minimum Gasteiger partial charge on any atom is -0.258 e. The Morgan fingerprint density at radius 2 is 2.15 bits per heavy atom. The van der Waals surface area contributed by atoms with Crippen LogP contribution in [0.25, 0.3) is 0 Å². The van der Waals surface area contributed by atoms with Gasteiger partial charge in [0, 0.05) is 12.1 Å². The minimum absolute atomic E-state index is 0.159. The van der Waals surface area contributed by atoms with Gasteiger partial charge in [-0.15, -0.1) is 0 Å². The van der Waals surface area contributed by atoms with Crippen LogP contribution < -0.4 is 4.72 Å². The van der Waals surface area contributed by atoms with Crippen molar-refractivity contribution in [2.24, 2.45) is 0 Å². The van der Waals surface area contributed by atoms with Gasteiger partial charge in [-0.1, -0.05) is 22.9 Å². The van der Waals surface area contributed by atoms with Gasteiger partial charge >= 0.3 is 0 Å². The average Bonchev–Trinajstić information content (AvgIpc) is 2.73. The van der Waals surface area contributed by atoms with Crippen molar-refractivity contribution < 1.29 is 13.3 Å². The largest absolute Gasteiger partial charge is 0.271 e. The van der Waals surface area contributed by atoms with E-state index in [-0.39, 0.29) is 20.7 Å². The quantitative estimate of drug-likeness (QED) is 0.629. The summed E-state index contributed by atoms with van der Waals surface area (Å²) in [6.45, 7) is 0. The molecule has 0 bridgehead atoms. The predicted octanol–water partition coefficient (Wildman–Crippen LogP) is 3.27. The summed E-state index contributed by atoms with van der Waals surface area (Å²) in [5, 5.41) is 10.5. The fourth-order valence-corrected chi connectivity index (χ4v) is 4.18. The lowest BCUT2D eigenvalue weighted by atomic mass is 10.3. The van der Waals surface area contributed by atoms with Crippen molar-refractivity contribution in [3.05, 3.63) is 43.3 Å². The van der Waals surface area contributed by atoms with Crippen LogP contribution in [-0.4, -0.2) is 18.3 Å². The molecule has 1 aromatic heterocycles. The summed E-state index contributed by atoms with van der Waals surface area (Å²) >= 11 is 10.0. The Bertz CT molecular complexity index is 777. The number of halogens is 2. The van der Waals surface area contributed by atoms with E-state index in [0.29, 0.717) is 3.79 Å². The zero-order chi connectivity index (χ0) is 14.9. The van der Waals surface area contributed by atoms with E-state index >= 15 is 0 Å². The number of rotatable bonds is 4. The molecule has 11 heteroatoms. The van der Waals surface area contributed by atoms with Crippen LogP contribution in [-0.2, 0) is 10.0 Å². The molecule has 0 unspecified atom stereocenters. The average molecular weight is 399 g/mol. The van der Waals surface area contributed by atoms with Crippen LogP contribution in [0.5, 0.6) is 0 Å². The summed E-state index contributed by atoms with van der Waals surface area (Å²) in [5.41, 5.74) is -0.286. The fourth-order valence-electron chi connectivity index (χ4n) is 1.29. The highest BCUT2D eigenvalue weighted by atomic mass is 79.9. The highest BCUT2D eigenvalue weighted by Gasteiger charge is 2.21. The zero-order valence-electron chi connectivity index (χ0n) is 9.41. The molecule has 106 valence electrons. The molecule has 0 fully saturated rings. The Morgan fingerprint density at radius 3 is 2.65 bits per heavy atom. The Kier molecular flexibility index (Phi) is 4.28. The number of nitrogens with zero attached hydrogens (tertiary/aromatic N) is 2. The number of sulfonamides is 1. The van der Waals surface area contributed by atoms with Crippen molar-refractivity contribution in [3.8, 4) is 0 Å². The normalized spacial score (nSPS) is 11.3. The van der Waals surface area contributed by atoms with Gasteiger partial charge in [-0.2, -0.15) is 0 Å². The maximum atomic E-state index is 12.1. The van der Waals surface area contributed by atoms with Gasteiger partial charge in [-0.25, -0.2) is 13.4 Å². The molecule has 2 aromatic rings. The first-order chi connectivity index (χ1) is 9.29. The van der Waals surface area contributed by atoms with Crippen LogP contribution in [0.2, 0.25) is 5.02 Å². The van der Waals surface area contributed by atoms with Gasteiger partial charge in [0.25, 0.3) is 15.7 Å². The number of benzene rings is 1. The summed E-state index contributed by atoms with van der Waals surface area (Å²) in [6.07, 6.45) is 1.44. The molecule has 0 aliphatic heterocycles. The lowest BCUT2D eigenvalue weighted by Gasteiger charge is -2.06. The number of hydrogen-bond donors (Lipinski definition) is 1. The maximum Gasteiger partial charge on any atom is 0.271 e. The molecule has 1 aromatic carbocycles. The molecule has 0 amide bonds. The highest BCUT2D eigenvalue weighted by molar-refractivity contribution is 9.11. The smallest absolute Gasteiger partial charge is 0.258 e. The second kappa shape index (κ2) is 5.64. The van der Waals surface area contributed by atoms with Crippen LogP contribution in [0.15, 0.2) is 33.1 Å². The number of nitrogens with one attached hydrogen (secondary N) is 1. The monoisotopic (exact) mass is 397 g/mol. The molecule has 2 rings (SSSR count). The van der Waals surface area contributed by atoms with Gasteiger partial charge in [0.05, 0.1) is 19.9 Å². The lowest BCUT2D eigenvalue weighted by molar-refractivity contribution is -0.384. The topological polar surface area (TPSA) is 102 Å². The molecule has 1 heterocycles. The van der Waals surface area contributed by atoms with E-state index in [1.165, 1.54) is 6.20 Å². The van der Waals surface area contributed by atoms with E-state index in [2.05, 4.69) is 25.6 Å². The van der Waals surface area contributed by atoms with E-state index in [4.69, 9.17) is 11.6 Å². The summed E-state index contributed by atoms with van der Waals surface area (Å²) < 4.78 is 27.1. The first-order valence-corrected chi connectivity index (χ1v) is 8.35. The van der Waals surface area contributed by atoms with Crippen molar-refractivity contribution in [2.75, 3.05) is 4.72 Å². The molecule has 0 atom stereocenters. The predicted molar refractivity (Wildman–Crippen MR) is 78.7 cm³/mol. The lowest BCUT2D eigenvalue weighted by Crippen LogP contribution is -2.13. The summed E-state index contributed by atoms with van der Waals surface area (Å²) in [4.78, 5) is 13.5. The molecule has 7 nitrogen and oxygen atoms in total. The third-order valence-corrected chi connectivity index (χ3v) is 5.46. The van der Waals surface area contributed by atoms with Crippen molar-refractivity contribution in [1.82, 2.24) is 4.98 Å². The van der Waals surface area contributed by atoms with Gasteiger partial charge < -0.3 is 0 Å². The van der Waals surface area contributed by atoms with Crippen molar-refractivity contribution in [3.63, 3.8) is 0 Å². The molecule has 0 saturated carbocycles. The summed E-state index contributed by atoms with van der Waals surface area (Å²) in [7, 11) is -3.95. The molecule has 0 aliphatic rings. The SMILES string of the molecule is O=[N+]([O-])c1ccc(S(=O)(=O)Nc2ncc(Br)s2)c(Cl)c1. The van der Waals surface area contributed by atoms with Crippen LogP contribution in [0.4, 0.5) is 10.8 Å². The number of hydrogen-bond acceptors (Lipinski definition) is 6. The molecule has 0 aliphatic carbocycles. The third-order valence-electron chi connectivity index (χ3n) is 2.11. The van der Waals surface area contributed by atoms with E-state index in [9.17, 15) is 18.5 Å². The van der Waals surface area contributed by atoms with Crippen molar-refractivity contribution in [1.29, 1.82) is 0 Å². The van der Waals surface area contributed by atoms with Gasteiger partial charge in [0.1, 0.15) is 4.90 Å². The number of aromatic nitrogens is 1. The number of non-ortho nitro benzene ring substituents is 1. The molecular formula is C9H5BrClN3O4S2. The van der Waals surface area contributed by atoms with E-state index in [1.807, 2.05) is 0 Å². The summed E-state index contributed by atoms with van der Waals surface area (Å²) in [5.74, 6) is 0. The second-order valence-electron chi connectivity index (χ2n) is 3.45. The van der Waals surface area contributed by atoms with Crippen LogP contribution in [0.3, 0.4) is 0 Å². The second-order valence-corrected chi connectivity index (χ2v) is 7.91. The molecule has 0 radical (unpaired) electrons. The zero-order valence-corrected chi connectivity index (χ0v) is 13.4. The molecule has 0 spiro atoms. The van der Waals surface area contributed by atoms with E-state index < -0.39 is 14.9 Å². The first kappa shape index (κ1) is 15.2. The van der Waals surface area contributed by atoms with Gasteiger partial charge in [0.15, 0.2) is 5.13 Å².